The largest absolute Gasteiger partial charge is 0.412 e. The highest BCUT2D eigenvalue weighted by molar-refractivity contribution is 6.16. The molecule has 1 N–H and O–H groups in total. The van der Waals surface area contributed by atoms with Crippen LogP contribution >= 0.6 is 0 Å². The highest BCUT2D eigenvalue weighted by Crippen LogP contribution is 2.34. The van der Waals surface area contributed by atoms with Gasteiger partial charge in [0.2, 0.25) is 0 Å². The van der Waals surface area contributed by atoms with E-state index in [4.69, 9.17) is 9.73 Å². The number of nitrogens with zero attached hydrogens (tertiary/aromatic N) is 3. The molecule has 2 aliphatic heterocycles. The van der Waals surface area contributed by atoms with E-state index in [1.54, 1.807) is 12.1 Å². The Labute approximate surface area is 183 Å². The molecule has 2 aliphatic rings. The molecule has 0 aromatic heterocycles. The maximum absolute atomic E-state index is 11.9. The number of ether oxygens (including phenoxy) is 1. The van der Waals surface area contributed by atoms with Crippen molar-refractivity contribution < 1.29 is 9.53 Å². The number of aliphatic imine (C=N–C) groups is 1. The van der Waals surface area contributed by atoms with E-state index in [9.17, 15) is 4.79 Å². The van der Waals surface area contributed by atoms with Crippen molar-refractivity contribution >= 4 is 17.5 Å². The molecule has 0 spiro atoms. The van der Waals surface area contributed by atoms with Crippen LogP contribution in [0.1, 0.15) is 25.8 Å². The minimum atomic E-state index is -0.438. The predicted molar refractivity (Wildman–Crippen MR) is 124 cm³/mol. The second kappa shape index (κ2) is 9.08. The van der Waals surface area contributed by atoms with E-state index >= 15 is 0 Å². The van der Waals surface area contributed by atoms with Crippen molar-refractivity contribution in [1.82, 2.24) is 10.2 Å². The lowest BCUT2D eigenvalue weighted by Gasteiger charge is -2.29. The highest BCUT2D eigenvalue weighted by atomic mass is 16.6. The third-order valence-corrected chi connectivity index (χ3v) is 5.39. The van der Waals surface area contributed by atoms with Gasteiger partial charge in [-0.25, -0.2) is 4.79 Å². The van der Waals surface area contributed by atoms with Gasteiger partial charge in [0.25, 0.3) is 0 Å². The first-order chi connectivity index (χ1) is 15.0. The minimum absolute atomic E-state index is 0.108. The number of nitrogens with one attached hydrogen (secondary N) is 1. The lowest BCUT2D eigenvalue weighted by atomic mass is 10.1. The van der Waals surface area contributed by atoms with Crippen LogP contribution in [0.25, 0.3) is 0 Å². The molecule has 1 amide bonds. The van der Waals surface area contributed by atoms with Gasteiger partial charge in [-0.2, -0.15) is 0 Å². The minimum Gasteiger partial charge on any atom is -0.410 e. The van der Waals surface area contributed by atoms with Crippen LogP contribution in [0.15, 0.2) is 83.3 Å². The van der Waals surface area contributed by atoms with Crippen LogP contribution in [0.4, 0.5) is 10.5 Å². The van der Waals surface area contributed by atoms with E-state index in [1.165, 1.54) is 5.57 Å². The van der Waals surface area contributed by atoms with Gasteiger partial charge < -0.3 is 19.9 Å². The number of benzene rings is 2. The maximum atomic E-state index is 11.9. The molecule has 0 bridgehead atoms. The van der Waals surface area contributed by atoms with Gasteiger partial charge in [0, 0.05) is 31.7 Å². The number of hydrogen-bond acceptors (Lipinski definition) is 5. The van der Waals surface area contributed by atoms with Gasteiger partial charge in [-0.3, -0.25) is 4.99 Å². The van der Waals surface area contributed by atoms with Gasteiger partial charge in [0.1, 0.15) is 11.9 Å². The molecule has 1 unspecified atom stereocenters. The number of hydrogen-bond donors (Lipinski definition) is 1. The Balaban J connectivity index is 1.36. The summed E-state index contributed by atoms with van der Waals surface area (Å²) in [5, 5.41) is 2.80. The lowest BCUT2D eigenvalue weighted by molar-refractivity contribution is 0.200. The quantitative estimate of drug-likeness (QED) is 0.741. The monoisotopic (exact) mass is 416 g/mol. The van der Waals surface area contributed by atoms with Crippen LogP contribution in [0.2, 0.25) is 0 Å². The summed E-state index contributed by atoms with van der Waals surface area (Å²) >= 11 is 0. The average molecular weight is 417 g/mol. The van der Waals surface area contributed by atoms with Gasteiger partial charge in [0.05, 0.1) is 11.4 Å². The standard InChI is InChI=1S/C25H28N4O2/c1-4-23-27-24-18(2)16-28(3)17-22(24)29(23)20-12-10-19(11-13-20)14-15-26-25(30)31-21-8-6-5-7-9-21/h5-13,16-17,23H,4,14-15H2,1-3H3,(H,26,30). The van der Waals surface area contributed by atoms with Crippen molar-refractivity contribution in [1.29, 1.82) is 0 Å². The van der Waals surface area contributed by atoms with E-state index in [-0.39, 0.29) is 6.17 Å². The summed E-state index contributed by atoms with van der Waals surface area (Å²) in [7, 11) is 2.05. The topological polar surface area (TPSA) is 57.2 Å². The molecule has 0 fully saturated rings. The Kier molecular flexibility index (Phi) is 6.07. The van der Waals surface area contributed by atoms with Crippen molar-refractivity contribution in [2.24, 2.45) is 4.99 Å². The fourth-order valence-electron chi connectivity index (χ4n) is 3.92. The Hall–Kier alpha value is -3.54. The first-order valence-electron chi connectivity index (χ1n) is 10.6. The molecule has 6 heteroatoms. The summed E-state index contributed by atoms with van der Waals surface area (Å²) in [4.78, 5) is 21.3. The van der Waals surface area contributed by atoms with Gasteiger partial charge in [0.15, 0.2) is 0 Å². The Morgan fingerprint density at radius 1 is 1.10 bits per heavy atom. The third-order valence-electron chi connectivity index (χ3n) is 5.39. The summed E-state index contributed by atoms with van der Waals surface area (Å²) in [6, 6.07) is 17.5. The summed E-state index contributed by atoms with van der Waals surface area (Å²) < 4.78 is 5.25. The van der Waals surface area contributed by atoms with E-state index in [0.29, 0.717) is 12.3 Å². The van der Waals surface area contributed by atoms with Crippen LogP contribution in [-0.4, -0.2) is 36.5 Å². The molecule has 1 atom stereocenters. The van der Waals surface area contributed by atoms with Gasteiger partial charge in [-0.05, 0) is 55.2 Å². The number of allylic oxidation sites excluding steroid dienone is 1. The van der Waals surface area contributed by atoms with Gasteiger partial charge >= 0.3 is 6.09 Å². The predicted octanol–water partition coefficient (Wildman–Crippen LogP) is 4.71. The summed E-state index contributed by atoms with van der Waals surface area (Å²) in [6.07, 6.45) is 5.59. The van der Waals surface area contributed by atoms with Crippen LogP contribution in [-0.2, 0) is 6.42 Å². The number of rotatable bonds is 6. The lowest BCUT2D eigenvalue weighted by Crippen LogP contribution is -2.31. The van der Waals surface area contributed by atoms with Gasteiger partial charge in [-0.15, -0.1) is 0 Å². The first-order valence-corrected chi connectivity index (χ1v) is 10.6. The first kappa shape index (κ1) is 20.7. The van der Waals surface area contributed by atoms with Crippen LogP contribution < -0.4 is 15.0 Å². The molecule has 0 radical (unpaired) electrons. The van der Waals surface area contributed by atoms with E-state index in [1.807, 2.05) is 25.2 Å². The normalized spacial score (nSPS) is 17.5. The second-order valence-corrected chi connectivity index (χ2v) is 7.77. The van der Waals surface area contributed by atoms with Crippen molar-refractivity contribution in [2.45, 2.75) is 32.9 Å². The molecule has 0 saturated heterocycles. The molecule has 0 saturated carbocycles. The molecule has 0 aliphatic carbocycles. The zero-order chi connectivity index (χ0) is 21.8. The molecular weight excluding hydrogens is 388 g/mol. The van der Waals surface area contributed by atoms with Crippen LogP contribution in [0, 0.1) is 0 Å². The number of carbonyl (C=O) groups is 1. The number of carbonyl (C=O) groups excluding carboxylic acids is 1. The fraction of sp³-hybridized carbons (Fsp3) is 0.280. The Morgan fingerprint density at radius 3 is 2.55 bits per heavy atom. The highest BCUT2D eigenvalue weighted by Gasteiger charge is 2.33. The van der Waals surface area contributed by atoms with Crippen molar-refractivity contribution in [3.8, 4) is 5.75 Å². The molecule has 2 aromatic carbocycles. The molecule has 2 heterocycles. The number of fused-ring (bicyclic) bond motifs is 1. The third kappa shape index (κ3) is 4.63. The Morgan fingerprint density at radius 2 is 1.84 bits per heavy atom. The van der Waals surface area contributed by atoms with Gasteiger partial charge in [-0.1, -0.05) is 37.3 Å². The number of amides is 1. The van der Waals surface area contributed by atoms with E-state index in [0.717, 1.165) is 35.5 Å². The molecule has 4 rings (SSSR count). The van der Waals surface area contributed by atoms with Crippen LogP contribution in [0.5, 0.6) is 5.75 Å². The molecule has 2 aromatic rings. The molecule has 6 nitrogen and oxygen atoms in total. The summed E-state index contributed by atoms with van der Waals surface area (Å²) in [6.45, 7) is 4.79. The summed E-state index contributed by atoms with van der Waals surface area (Å²) in [5.41, 5.74) is 5.69. The number of para-hydroxylation sites is 1. The van der Waals surface area contributed by atoms with Crippen molar-refractivity contribution in [2.75, 3.05) is 18.5 Å². The van der Waals surface area contributed by atoms with E-state index < -0.39 is 6.09 Å². The number of anilines is 1. The SMILES string of the molecule is CCC1N=C2C(C)=CN(C)C=C2N1c1ccc(CCNC(=O)Oc2ccccc2)cc1. The average Bonchev–Trinajstić information content (AvgIpc) is 3.14. The molecular formula is C25H28N4O2. The summed E-state index contributed by atoms with van der Waals surface area (Å²) in [5.74, 6) is 0.537. The van der Waals surface area contributed by atoms with E-state index in [2.05, 4.69) is 65.6 Å². The Bertz CT molecular complexity index is 1030. The zero-order valence-corrected chi connectivity index (χ0v) is 18.2. The smallest absolute Gasteiger partial charge is 0.410 e. The fourth-order valence-corrected chi connectivity index (χ4v) is 3.92. The molecule has 160 valence electrons. The zero-order valence-electron chi connectivity index (χ0n) is 18.2. The second-order valence-electron chi connectivity index (χ2n) is 7.77. The van der Waals surface area contributed by atoms with Crippen molar-refractivity contribution in [3.63, 3.8) is 0 Å². The van der Waals surface area contributed by atoms with Crippen molar-refractivity contribution in [3.05, 3.63) is 83.8 Å². The maximum Gasteiger partial charge on any atom is 0.412 e. The van der Waals surface area contributed by atoms with Crippen LogP contribution in [0.3, 0.4) is 0 Å². The molecule has 31 heavy (non-hydrogen) atoms.